The third-order valence-electron chi connectivity index (χ3n) is 4.01. The molecule has 0 saturated heterocycles. The summed E-state index contributed by atoms with van der Waals surface area (Å²) in [5.41, 5.74) is 2.92. The molecule has 0 spiro atoms. The van der Waals surface area contributed by atoms with Crippen molar-refractivity contribution < 1.29 is 4.79 Å². The minimum absolute atomic E-state index is 0.0235. The zero-order chi connectivity index (χ0) is 17.8. The number of nitrogens with one attached hydrogen (secondary N) is 1. The lowest BCUT2D eigenvalue weighted by Crippen LogP contribution is -2.27. The Morgan fingerprint density at radius 2 is 1.96 bits per heavy atom. The lowest BCUT2D eigenvalue weighted by atomic mass is 10.0. The van der Waals surface area contributed by atoms with E-state index in [1.54, 1.807) is 24.4 Å². The number of fused-ring (bicyclic) bond motifs is 1. The number of halogens is 2. The molecular formula is C19H15Cl2N3O. The highest BCUT2D eigenvalue weighted by Crippen LogP contribution is 2.26. The molecule has 1 N–H and O–H groups in total. The summed E-state index contributed by atoms with van der Waals surface area (Å²) in [6.45, 7) is 1.43. The van der Waals surface area contributed by atoms with Gasteiger partial charge in [-0.05, 0) is 35.7 Å². The minimum atomic E-state index is -0.509. The van der Waals surface area contributed by atoms with Gasteiger partial charge in [-0.2, -0.15) is 5.26 Å². The Kier molecular flexibility index (Phi) is 5.28. The Balaban J connectivity index is 1.76. The Morgan fingerprint density at radius 3 is 2.72 bits per heavy atom. The monoisotopic (exact) mass is 371 g/mol. The number of carbonyl (C=O) groups is 1. The highest BCUT2D eigenvalue weighted by atomic mass is 35.5. The molecule has 0 radical (unpaired) electrons. The number of rotatable bonds is 3. The van der Waals surface area contributed by atoms with Crippen LogP contribution in [-0.2, 0) is 17.8 Å². The third-order valence-corrected chi connectivity index (χ3v) is 4.58. The van der Waals surface area contributed by atoms with Crippen molar-refractivity contribution in [2.45, 2.75) is 13.0 Å². The van der Waals surface area contributed by atoms with E-state index in [9.17, 15) is 10.1 Å². The van der Waals surface area contributed by atoms with Gasteiger partial charge in [0.25, 0.3) is 5.91 Å². The molecule has 25 heavy (non-hydrogen) atoms. The topological polar surface area (TPSA) is 56.1 Å². The Hall–Kier alpha value is -2.48. The van der Waals surface area contributed by atoms with E-state index in [0.717, 1.165) is 13.0 Å². The van der Waals surface area contributed by atoms with Crippen LogP contribution in [0.25, 0.3) is 0 Å². The maximum atomic E-state index is 12.4. The Morgan fingerprint density at radius 1 is 1.20 bits per heavy atom. The molecule has 2 aromatic rings. The first-order valence-electron chi connectivity index (χ1n) is 7.76. The maximum absolute atomic E-state index is 12.4. The first kappa shape index (κ1) is 17.3. The van der Waals surface area contributed by atoms with Gasteiger partial charge in [0.05, 0.1) is 10.7 Å². The van der Waals surface area contributed by atoms with Gasteiger partial charge in [-0.3, -0.25) is 4.79 Å². The van der Waals surface area contributed by atoms with Gasteiger partial charge in [0.2, 0.25) is 0 Å². The predicted octanol–water partition coefficient (Wildman–Crippen LogP) is 4.40. The van der Waals surface area contributed by atoms with Gasteiger partial charge in [0.15, 0.2) is 0 Å². The first-order chi connectivity index (χ1) is 12.1. The van der Waals surface area contributed by atoms with Crippen molar-refractivity contribution >= 4 is 34.8 Å². The van der Waals surface area contributed by atoms with Crippen LogP contribution in [0.1, 0.15) is 11.1 Å². The van der Waals surface area contributed by atoms with Crippen LogP contribution in [0.15, 0.2) is 54.2 Å². The molecule has 0 unspecified atom stereocenters. The van der Waals surface area contributed by atoms with Gasteiger partial charge in [-0.25, -0.2) is 0 Å². The van der Waals surface area contributed by atoms with Crippen molar-refractivity contribution in [1.82, 2.24) is 4.90 Å². The number of anilines is 1. The molecule has 1 amide bonds. The standard InChI is InChI=1S/C19H15Cl2N3O/c20-16-5-6-17(21)18(9-16)23-19(25)15(10-22)12-24-8-7-13-3-1-2-4-14(13)11-24/h1-6,9,12H,7-8,11H2,(H,23,25)/b15-12-. The maximum Gasteiger partial charge on any atom is 0.267 e. The van der Waals surface area contributed by atoms with Crippen molar-refractivity contribution in [2.24, 2.45) is 0 Å². The van der Waals surface area contributed by atoms with Crippen molar-refractivity contribution in [3.8, 4) is 6.07 Å². The lowest BCUT2D eigenvalue weighted by molar-refractivity contribution is -0.112. The van der Waals surface area contributed by atoms with Crippen LogP contribution in [0.3, 0.4) is 0 Å². The van der Waals surface area contributed by atoms with Crippen LogP contribution in [0.5, 0.6) is 0 Å². The van der Waals surface area contributed by atoms with Crippen molar-refractivity contribution in [3.05, 3.63) is 75.4 Å². The summed E-state index contributed by atoms with van der Waals surface area (Å²) in [6, 6.07) is 14.9. The molecule has 0 atom stereocenters. The van der Waals surface area contributed by atoms with Crippen molar-refractivity contribution in [2.75, 3.05) is 11.9 Å². The van der Waals surface area contributed by atoms with E-state index in [-0.39, 0.29) is 5.57 Å². The summed E-state index contributed by atoms with van der Waals surface area (Å²) in [6.07, 6.45) is 2.48. The quantitative estimate of drug-likeness (QED) is 0.642. The van der Waals surface area contributed by atoms with Crippen LogP contribution in [0.2, 0.25) is 10.0 Å². The summed E-state index contributed by atoms with van der Waals surface area (Å²) in [5.74, 6) is -0.509. The molecule has 0 saturated carbocycles. The number of amides is 1. The van der Waals surface area contributed by atoms with E-state index in [1.807, 2.05) is 23.1 Å². The van der Waals surface area contributed by atoms with Gasteiger partial charge in [-0.15, -0.1) is 0 Å². The normalized spacial score (nSPS) is 13.8. The van der Waals surface area contributed by atoms with Crippen molar-refractivity contribution in [1.29, 1.82) is 5.26 Å². The summed E-state index contributed by atoms with van der Waals surface area (Å²) in [7, 11) is 0. The molecule has 126 valence electrons. The fourth-order valence-electron chi connectivity index (χ4n) is 2.73. The number of nitriles is 1. The fourth-order valence-corrected chi connectivity index (χ4v) is 3.07. The van der Waals surface area contributed by atoms with Crippen LogP contribution >= 0.6 is 23.2 Å². The number of benzene rings is 2. The average Bonchev–Trinajstić information content (AvgIpc) is 2.62. The molecule has 1 aliphatic rings. The van der Waals surface area contributed by atoms with Crippen molar-refractivity contribution in [3.63, 3.8) is 0 Å². The summed E-state index contributed by atoms with van der Waals surface area (Å²) in [4.78, 5) is 14.4. The highest BCUT2D eigenvalue weighted by molar-refractivity contribution is 6.35. The van der Waals surface area contributed by atoms with E-state index in [1.165, 1.54) is 11.1 Å². The van der Waals surface area contributed by atoms with E-state index in [2.05, 4.69) is 17.4 Å². The van der Waals surface area contributed by atoms with Gasteiger partial charge in [-0.1, -0.05) is 47.5 Å². The molecule has 0 bridgehead atoms. The van der Waals surface area contributed by atoms with E-state index in [0.29, 0.717) is 22.3 Å². The van der Waals surface area contributed by atoms with E-state index >= 15 is 0 Å². The molecule has 4 nitrogen and oxygen atoms in total. The zero-order valence-electron chi connectivity index (χ0n) is 13.3. The minimum Gasteiger partial charge on any atom is -0.371 e. The largest absolute Gasteiger partial charge is 0.371 e. The van der Waals surface area contributed by atoms with E-state index in [4.69, 9.17) is 23.2 Å². The average molecular weight is 372 g/mol. The highest BCUT2D eigenvalue weighted by Gasteiger charge is 2.17. The first-order valence-corrected chi connectivity index (χ1v) is 8.51. The van der Waals surface area contributed by atoms with Gasteiger partial charge in [0, 0.05) is 24.3 Å². The molecule has 6 heteroatoms. The van der Waals surface area contributed by atoms with Gasteiger partial charge >= 0.3 is 0 Å². The lowest BCUT2D eigenvalue weighted by Gasteiger charge is -2.27. The third kappa shape index (κ3) is 4.14. The molecule has 0 aromatic heterocycles. The molecule has 1 aliphatic heterocycles. The molecular weight excluding hydrogens is 357 g/mol. The number of carbonyl (C=O) groups excluding carboxylic acids is 1. The van der Waals surface area contributed by atoms with Crippen LogP contribution in [0.4, 0.5) is 5.69 Å². The predicted molar refractivity (Wildman–Crippen MR) is 99.3 cm³/mol. The summed E-state index contributed by atoms with van der Waals surface area (Å²) in [5, 5.41) is 12.8. The number of nitrogens with zero attached hydrogens (tertiary/aromatic N) is 2. The molecule has 0 fully saturated rings. The second-order valence-electron chi connectivity index (χ2n) is 5.72. The molecule has 0 aliphatic carbocycles. The molecule has 2 aromatic carbocycles. The SMILES string of the molecule is N#C/C(=C/N1CCc2ccccc2C1)C(=O)Nc1cc(Cl)ccc1Cl. The fraction of sp³-hybridized carbons (Fsp3) is 0.158. The molecule has 1 heterocycles. The Labute approximate surface area is 156 Å². The smallest absolute Gasteiger partial charge is 0.267 e. The van der Waals surface area contributed by atoms with Crippen LogP contribution < -0.4 is 5.32 Å². The second-order valence-corrected chi connectivity index (χ2v) is 6.57. The zero-order valence-corrected chi connectivity index (χ0v) is 14.8. The summed E-state index contributed by atoms with van der Waals surface area (Å²) < 4.78 is 0. The van der Waals surface area contributed by atoms with Crippen LogP contribution in [-0.4, -0.2) is 17.4 Å². The van der Waals surface area contributed by atoms with E-state index < -0.39 is 5.91 Å². The number of hydrogen-bond donors (Lipinski definition) is 1. The number of hydrogen-bond acceptors (Lipinski definition) is 3. The Bertz CT molecular complexity index is 886. The van der Waals surface area contributed by atoms with Crippen LogP contribution in [0, 0.1) is 11.3 Å². The second kappa shape index (κ2) is 7.60. The molecule has 3 rings (SSSR count). The van der Waals surface area contributed by atoms with Gasteiger partial charge < -0.3 is 10.2 Å². The summed E-state index contributed by atoms with van der Waals surface area (Å²) >= 11 is 12.0. The van der Waals surface area contributed by atoms with Gasteiger partial charge in [0.1, 0.15) is 11.6 Å².